The number of amides is 2. The summed E-state index contributed by atoms with van der Waals surface area (Å²) in [4.78, 5) is 26.0. The molecular formula is C19H19ClF3NO4. The average molecular weight is 418 g/mol. The van der Waals surface area contributed by atoms with Gasteiger partial charge in [-0.1, -0.05) is 11.6 Å². The molecule has 1 heterocycles. The fourth-order valence-corrected chi connectivity index (χ4v) is 3.41. The van der Waals surface area contributed by atoms with Gasteiger partial charge >= 0.3 is 0 Å². The number of carbonyl (C=O) groups is 2. The zero-order valence-electron chi connectivity index (χ0n) is 15.2. The van der Waals surface area contributed by atoms with Gasteiger partial charge < -0.3 is 9.47 Å². The van der Waals surface area contributed by atoms with Gasteiger partial charge in [0.2, 0.25) is 5.85 Å². The molecule has 1 aliphatic carbocycles. The third kappa shape index (κ3) is 4.03. The third-order valence-electron chi connectivity index (χ3n) is 4.62. The molecule has 2 aliphatic rings. The Labute approximate surface area is 165 Å². The van der Waals surface area contributed by atoms with Crippen molar-refractivity contribution in [3.8, 4) is 5.75 Å². The second kappa shape index (κ2) is 8.13. The number of benzene rings is 1. The van der Waals surface area contributed by atoms with Gasteiger partial charge in [0.25, 0.3) is 11.8 Å². The van der Waals surface area contributed by atoms with Crippen LogP contribution in [0.15, 0.2) is 23.3 Å². The van der Waals surface area contributed by atoms with Crippen LogP contribution in [0.2, 0.25) is 5.02 Å². The van der Waals surface area contributed by atoms with Crippen molar-refractivity contribution in [1.29, 1.82) is 0 Å². The van der Waals surface area contributed by atoms with E-state index < -0.39 is 30.2 Å². The van der Waals surface area contributed by atoms with Gasteiger partial charge in [0.1, 0.15) is 24.8 Å². The minimum atomic E-state index is -2.43. The van der Waals surface area contributed by atoms with Crippen molar-refractivity contribution >= 4 is 29.1 Å². The Balaban J connectivity index is 1.77. The predicted molar refractivity (Wildman–Crippen MR) is 96.3 cm³/mol. The highest BCUT2D eigenvalue weighted by Crippen LogP contribution is 2.39. The van der Waals surface area contributed by atoms with Crippen molar-refractivity contribution in [3.63, 3.8) is 0 Å². The molecule has 28 heavy (non-hydrogen) atoms. The third-order valence-corrected chi connectivity index (χ3v) is 4.91. The molecule has 0 bridgehead atoms. The van der Waals surface area contributed by atoms with E-state index in [0.29, 0.717) is 24.0 Å². The number of alkyl halides is 2. The Bertz CT molecular complexity index is 813. The van der Waals surface area contributed by atoms with Crippen LogP contribution in [0, 0.1) is 5.82 Å². The number of ether oxygens (including phenoxy) is 2. The molecule has 9 heteroatoms. The summed E-state index contributed by atoms with van der Waals surface area (Å²) in [5.41, 5.74) is 0.591. The number of nitrogens with zero attached hydrogens (tertiary/aromatic N) is 1. The topological polar surface area (TPSA) is 55.8 Å². The van der Waals surface area contributed by atoms with Crippen molar-refractivity contribution < 1.29 is 32.2 Å². The lowest BCUT2D eigenvalue weighted by Gasteiger charge is -2.19. The summed E-state index contributed by atoms with van der Waals surface area (Å²) in [6.07, 6.45) is 2.58. The minimum absolute atomic E-state index is 0.00653. The molecular weight excluding hydrogens is 399 g/mol. The van der Waals surface area contributed by atoms with Crippen molar-refractivity contribution in [2.45, 2.75) is 38.5 Å². The zero-order chi connectivity index (χ0) is 20.5. The molecule has 5 nitrogen and oxygen atoms in total. The Morgan fingerprint density at radius 1 is 1.14 bits per heavy atom. The summed E-state index contributed by atoms with van der Waals surface area (Å²) >= 11 is 5.96. The fourth-order valence-electron chi connectivity index (χ4n) is 3.20. The van der Waals surface area contributed by atoms with Crippen LogP contribution >= 0.6 is 11.6 Å². The van der Waals surface area contributed by atoms with E-state index >= 15 is 0 Å². The van der Waals surface area contributed by atoms with Crippen molar-refractivity contribution in [1.82, 2.24) is 0 Å². The first-order valence-corrected chi connectivity index (χ1v) is 9.24. The van der Waals surface area contributed by atoms with E-state index in [1.165, 1.54) is 0 Å². The van der Waals surface area contributed by atoms with E-state index in [1.54, 1.807) is 0 Å². The highest BCUT2D eigenvalue weighted by Gasteiger charge is 2.41. The van der Waals surface area contributed by atoms with Gasteiger partial charge in [-0.15, -0.1) is 0 Å². The highest BCUT2D eigenvalue weighted by atomic mass is 35.5. The maximum Gasteiger partial charge on any atom is 0.261 e. The first-order chi connectivity index (χ1) is 13.2. The Kier molecular flexibility index (Phi) is 6.00. The molecule has 3 rings (SSSR count). The minimum Gasteiger partial charge on any atom is -0.490 e. The SMILES string of the molecule is CC(F)(CF)OCCOc1cc(N2C(=O)C3=C(CCCC3)C2=O)c(F)cc1Cl. The Hall–Kier alpha value is -2.06. The monoisotopic (exact) mass is 417 g/mol. The number of imide groups is 1. The van der Waals surface area contributed by atoms with E-state index in [1.807, 2.05) is 0 Å². The van der Waals surface area contributed by atoms with Gasteiger partial charge in [-0.2, -0.15) is 0 Å². The first-order valence-electron chi connectivity index (χ1n) is 8.86. The predicted octanol–water partition coefficient (Wildman–Crippen LogP) is 4.27. The summed E-state index contributed by atoms with van der Waals surface area (Å²) in [6.45, 7) is -0.848. The maximum absolute atomic E-state index is 14.5. The summed E-state index contributed by atoms with van der Waals surface area (Å²) in [6, 6.07) is 2.08. The zero-order valence-corrected chi connectivity index (χ0v) is 16.0. The van der Waals surface area contributed by atoms with Crippen molar-refractivity contribution in [3.05, 3.63) is 34.1 Å². The maximum atomic E-state index is 14.5. The molecule has 0 spiro atoms. The van der Waals surface area contributed by atoms with Crippen LogP contribution in [0.25, 0.3) is 0 Å². The molecule has 2 amide bonds. The van der Waals surface area contributed by atoms with Gasteiger partial charge in [-0.3, -0.25) is 9.59 Å². The second-order valence-corrected chi connectivity index (χ2v) is 7.18. The normalized spacial score (nSPS) is 19.1. The van der Waals surface area contributed by atoms with E-state index in [-0.39, 0.29) is 29.7 Å². The van der Waals surface area contributed by atoms with E-state index in [2.05, 4.69) is 4.74 Å². The van der Waals surface area contributed by atoms with Gasteiger partial charge in [0.05, 0.1) is 17.3 Å². The number of hydrogen-bond acceptors (Lipinski definition) is 4. The fraction of sp³-hybridized carbons (Fsp3) is 0.474. The summed E-state index contributed by atoms with van der Waals surface area (Å²) in [5, 5.41) is -0.0911. The van der Waals surface area contributed by atoms with Crippen LogP contribution in [0.3, 0.4) is 0 Å². The highest BCUT2D eigenvalue weighted by molar-refractivity contribution is 6.34. The Morgan fingerprint density at radius 2 is 1.75 bits per heavy atom. The van der Waals surface area contributed by atoms with Crippen LogP contribution in [0.1, 0.15) is 32.6 Å². The van der Waals surface area contributed by atoms with Crippen molar-refractivity contribution in [2.24, 2.45) is 0 Å². The Morgan fingerprint density at radius 3 is 2.32 bits per heavy atom. The van der Waals surface area contributed by atoms with Crippen LogP contribution in [0.4, 0.5) is 18.9 Å². The summed E-state index contributed by atoms with van der Waals surface area (Å²) < 4.78 is 50.2. The largest absolute Gasteiger partial charge is 0.490 e. The lowest BCUT2D eigenvalue weighted by Crippen LogP contribution is -2.32. The number of hydrogen-bond donors (Lipinski definition) is 0. The quantitative estimate of drug-likeness (QED) is 0.491. The van der Waals surface area contributed by atoms with E-state index in [0.717, 1.165) is 36.8 Å². The van der Waals surface area contributed by atoms with Gasteiger partial charge in [0.15, 0.2) is 0 Å². The molecule has 0 radical (unpaired) electrons. The molecule has 1 atom stereocenters. The lowest BCUT2D eigenvalue weighted by molar-refractivity contribution is -0.146. The second-order valence-electron chi connectivity index (χ2n) is 6.78. The number of anilines is 1. The average Bonchev–Trinajstić information content (AvgIpc) is 2.92. The molecule has 1 unspecified atom stereocenters. The van der Waals surface area contributed by atoms with Crippen LogP contribution in [0.5, 0.6) is 5.75 Å². The standard InChI is InChI=1S/C19H19ClF3NO4/c1-19(23,10-21)28-7-6-27-16-9-15(14(22)8-13(16)20)24-17(25)11-4-2-3-5-12(11)18(24)26/h8-9H,2-7,10H2,1H3. The van der Waals surface area contributed by atoms with Gasteiger partial charge in [0, 0.05) is 17.2 Å². The molecule has 0 saturated heterocycles. The first kappa shape index (κ1) is 20.7. The van der Waals surface area contributed by atoms with Crippen molar-refractivity contribution in [2.75, 3.05) is 24.8 Å². The smallest absolute Gasteiger partial charge is 0.261 e. The molecule has 0 N–H and O–H groups in total. The molecule has 152 valence electrons. The van der Waals surface area contributed by atoms with Crippen LogP contribution in [-0.2, 0) is 14.3 Å². The van der Waals surface area contributed by atoms with Crippen LogP contribution < -0.4 is 9.64 Å². The van der Waals surface area contributed by atoms with E-state index in [9.17, 15) is 22.8 Å². The number of rotatable bonds is 7. The summed E-state index contributed by atoms with van der Waals surface area (Å²) in [5.74, 6) is -4.35. The van der Waals surface area contributed by atoms with E-state index in [4.69, 9.17) is 16.3 Å². The number of halogens is 4. The molecule has 0 saturated carbocycles. The van der Waals surface area contributed by atoms with Gasteiger partial charge in [-0.05, 0) is 38.7 Å². The molecule has 1 aromatic rings. The lowest BCUT2D eigenvalue weighted by atomic mass is 9.93. The molecule has 0 aromatic heterocycles. The van der Waals surface area contributed by atoms with Crippen LogP contribution in [-0.4, -0.2) is 37.6 Å². The van der Waals surface area contributed by atoms with Gasteiger partial charge in [-0.25, -0.2) is 18.1 Å². The summed E-state index contributed by atoms with van der Waals surface area (Å²) in [7, 11) is 0. The molecule has 0 fully saturated rings. The molecule has 1 aliphatic heterocycles. The molecule has 1 aromatic carbocycles. The number of carbonyl (C=O) groups excluding carboxylic acids is 2.